The van der Waals surface area contributed by atoms with Crippen LogP contribution in [0.1, 0.15) is 17.3 Å². The van der Waals surface area contributed by atoms with E-state index in [1.807, 2.05) is 0 Å². The Bertz CT molecular complexity index is 452. The maximum atomic E-state index is 11.3. The Morgan fingerprint density at radius 1 is 1.57 bits per heavy atom. The molecule has 76 valence electrons. The molecule has 1 aromatic heterocycles. The van der Waals surface area contributed by atoms with E-state index in [1.54, 1.807) is 0 Å². The van der Waals surface area contributed by atoms with Crippen molar-refractivity contribution in [2.45, 2.75) is 11.9 Å². The number of aromatic carboxylic acids is 1. The highest BCUT2D eigenvalue weighted by molar-refractivity contribution is 7.91. The van der Waals surface area contributed by atoms with Crippen LogP contribution in [0.25, 0.3) is 0 Å². The highest BCUT2D eigenvalue weighted by Gasteiger charge is 2.15. The molecule has 0 unspecified atom stereocenters. The zero-order valence-electron chi connectivity index (χ0n) is 7.47. The summed E-state index contributed by atoms with van der Waals surface area (Å²) in [5.41, 5.74) is -0.0768. The molecule has 0 aliphatic heterocycles. The van der Waals surface area contributed by atoms with Gasteiger partial charge in [0.25, 0.3) is 0 Å². The van der Waals surface area contributed by atoms with Crippen LogP contribution in [0.3, 0.4) is 0 Å². The Morgan fingerprint density at radius 3 is 2.71 bits per heavy atom. The van der Waals surface area contributed by atoms with Crippen LogP contribution >= 0.6 is 0 Å². The number of sulfone groups is 1. The normalized spacial score (nSPS) is 11.2. The van der Waals surface area contributed by atoms with E-state index in [9.17, 15) is 13.2 Å². The molecule has 5 nitrogen and oxygen atoms in total. The molecular formula is C8H9NO4S. The molecule has 6 heteroatoms. The molecule has 0 atom stereocenters. The number of hydrogen-bond donors (Lipinski definition) is 1. The maximum Gasteiger partial charge on any atom is 0.335 e. The highest BCUT2D eigenvalue weighted by Crippen LogP contribution is 2.09. The first kappa shape index (κ1) is 10.6. The molecule has 1 N–H and O–H groups in total. The van der Waals surface area contributed by atoms with Crippen LogP contribution in [0.4, 0.5) is 0 Å². The van der Waals surface area contributed by atoms with E-state index in [4.69, 9.17) is 5.11 Å². The van der Waals surface area contributed by atoms with E-state index < -0.39 is 15.8 Å². The van der Waals surface area contributed by atoms with Gasteiger partial charge in [-0.15, -0.1) is 0 Å². The van der Waals surface area contributed by atoms with Gasteiger partial charge in [-0.25, -0.2) is 18.2 Å². The zero-order valence-corrected chi connectivity index (χ0v) is 8.28. The molecule has 0 spiro atoms. The summed E-state index contributed by atoms with van der Waals surface area (Å²) in [4.78, 5) is 14.2. The third-order valence-corrected chi connectivity index (χ3v) is 3.30. The number of hydrogen-bond acceptors (Lipinski definition) is 4. The summed E-state index contributed by atoms with van der Waals surface area (Å²) >= 11 is 0. The van der Waals surface area contributed by atoms with Crippen LogP contribution < -0.4 is 0 Å². The van der Waals surface area contributed by atoms with Crippen LogP contribution in [0.2, 0.25) is 0 Å². The minimum Gasteiger partial charge on any atom is -0.478 e. The summed E-state index contributed by atoms with van der Waals surface area (Å²) in [6.45, 7) is 1.48. The summed E-state index contributed by atoms with van der Waals surface area (Å²) in [7, 11) is -3.43. The number of aromatic nitrogens is 1. The van der Waals surface area contributed by atoms with E-state index in [2.05, 4.69) is 4.98 Å². The van der Waals surface area contributed by atoms with Gasteiger partial charge in [0.1, 0.15) is 0 Å². The molecule has 14 heavy (non-hydrogen) atoms. The highest BCUT2D eigenvalue weighted by atomic mass is 32.2. The Balaban J connectivity index is 3.26. The van der Waals surface area contributed by atoms with Crippen LogP contribution in [-0.4, -0.2) is 30.2 Å². The number of carboxylic acid groups (broad SMARTS) is 1. The van der Waals surface area contributed by atoms with Gasteiger partial charge >= 0.3 is 5.97 Å². The molecule has 1 rings (SSSR count). The van der Waals surface area contributed by atoms with Gasteiger partial charge in [0.05, 0.1) is 11.3 Å². The van der Waals surface area contributed by atoms with Crippen LogP contribution in [0.15, 0.2) is 23.4 Å². The Morgan fingerprint density at radius 2 is 2.21 bits per heavy atom. The SMILES string of the molecule is CCS(=O)(=O)c1cc(C(=O)O)ccn1. The molecule has 0 saturated carbocycles. The number of pyridine rings is 1. The van der Waals surface area contributed by atoms with E-state index in [1.165, 1.54) is 19.2 Å². The predicted octanol–water partition coefficient (Wildman–Crippen LogP) is 0.573. The minimum atomic E-state index is -3.43. The molecule has 1 aromatic rings. The molecular weight excluding hydrogens is 206 g/mol. The summed E-state index contributed by atoms with van der Waals surface area (Å²) in [5.74, 6) is -1.26. The second kappa shape index (κ2) is 3.75. The molecule has 0 aliphatic carbocycles. The van der Waals surface area contributed by atoms with Crippen LogP contribution in [0.5, 0.6) is 0 Å². The van der Waals surface area contributed by atoms with Gasteiger partial charge in [0.2, 0.25) is 0 Å². The first-order chi connectivity index (χ1) is 6.47. The number of carboxylic acids is 1. The molecule has 0 bridgehead atoms. The van der Waals surface area contributed by atoms with Gasteiger partial charge in [-0.1, -0.05) is 6.92 Å². The van der Waals surface area contributed by atoms with E-state index in [0.717, 1.165) is 6.07 Å². The van der Waals surface area contributed by atoms with Crippen molar-refractivity contribution < 1.29 is 18.3 Å². The van der Waals surface area contributed by atoms with Gasteiger partial charge in [0.15, 0.2) is 14.9 Å². The van der Waals surface area contributed by atoms with E-state index in [-0.39, 0.29) is 16.3 Å². The zero-order chi connectivity index (χ0) is 10.8. The fourth-order valence-corrected chi connectivity index (χ4v) is 1.68. The van der Waals surface area contributed by atoms with Gasteiger partial charge in [0, 0.05) is 6.20 Å². The third-order valence-electron chi connectivity index (χ3n) is 1.68. The molecule has 1 heterocycles. The topological polar surface area (TPSA) is 84.3 Å². The van der Waals surface area contributed by atoms with Gasteiger partial charge in [-0.3, -0.25) is 0 Å². The second-order valence-corrected chi connectivity index (χ2v) is 4.82. The maximum absolute atomic E-state index is 11.3. The summed E-state index contributed by atoms with van der Waals surface area (Å²) < 4.78 is 22.6. The Labute approximate surface area is 81.3 Å². The van der Waals surface area contributed by atoms with Crippen molar-refractivity contribution in [3.8, 4) is 0 Å². The molecule has 0 aliphatic rings. The first-order valence-corrected chi connectivity index (χ1v) is 5.54. The largest absolute Gasteiger partial charge is 0.478 e. The summed E-state index contributed by atoms with van der Waals surface area (Å²) in [5, 5.41) is 8.43. The van der Waals surface area contributed by atoms with E-state index >= 15 is 0 Å². The molecule has 0 aromatic carbocycles. The standard InChI is InChI=1S/C8H9NO4S/c1-2-14(12,13)7-5-6(8(10)11)3-4-9-7/h3-5H,2H2,1H3,(H,10,11). The number of nitrogens with zero attached hydrogens (tertiary/aromatic N) is 1. The fraction of sp³-hybridized carbons (Fsp3) is 0.250. The van der Waals surface area contributed by atoms with Crippen molar-refractivity contribution in [3.05, 3.63) is 23.9 Å². The minimum absolute atomic E-state index is 0.0768. The lowest BCUT2D eigenvalue weighted by Gasteiger charge is -2.00. The summed E-state index contributed by atoms with van der Waals surface area (Å²) in [6.07, 6.45) is 1.17. The van der Waals surface area contributed by atoms with Crippen LogP contribution in [0, 0.1) is 0 Å². The van der Waals surface area contributed by atoms with E-state index in [0.29, 0.717) is 0 Å². The quantitative estimate of drug-likeness (QED) is 0.796. The number of rotatable bonds is 3. The lowest BCUT2D eigenvalue weighted by atomic mass is 10.3. The van der Waals surface area contributed by atoms with Crippen molar-refractivity contribution in [2.75, 3.05) is 5.75 Å². The average Bonchev–Trinajstić information content (AvgIpc) is 2.18. The summed E-state index contributed by atoms with van der Waals surface area (Å²) in [6, 6.07) is 2.30. The fourth-order valence-electron chi connectivity index (χ4n) is 0.860. The number of carbonyl (C=O) groups is 1. The van der Waals surface area contributed by atoms with Crippen molar-refractivity contribution in [2.24, 2.45) is 0 Å². The molecule has 0 saturated heterocycles. The Kier molecular flexibility index (Phi) is 2.85. The molecule has 0 fully saturated rings. The molecule has 0 radical (unpaired) electrons. The van der Waals surface area contributed by atoms with Crippen molar-refractivity contribution in [1.29, 1.82) is 0 Å². The van der Waals surface area contributed by atoms with Gasteiger partial charge in [-0.05, 0) is 12.1 Å². The second-order valence-electron chi connectivity index (χ2n) is 2.59. The predicted molar refractivity (Wildman–Crippen MR) is 48.9 cm³/mol. The van der Waals surface area contributed by atoms with Gasteiger partial charge in [-0.2, -0.15) is 0 Å². The van der Waals surface area contributed by atoms with Crippen LogP contribution in [-0.2, 0) is 9.84 Å². The first-order valence-electron chi connectivity index (χ1n) is 3.89. The third kappa shape index (κ3) is 2.08. The average molecular weight is 215 g/mol. The lowest BCUT2D eigenvalue weighted by molar-refractivity contribution is 0.0696. The van der Waals surface area contributed by atoms with Crippen molar-refractivity contribution in [3.63, 3.8) is 0 Å². The van der Waals surface area contributed by atoms with Gasteiger partial charge < -0.3 is 5.11 Å². The monoisotopic (exact) mass is 215 g/mol. The smallest absolute Gasteiger partial charge is 0.335 e. The molecule has 0 amide bonds. The van der Waals surface area contributed by atoms with Crippen molar-refractivity contribution >= 4 is 15.8 Å². The Hall–Kier alpha value is -1.43. The van der Waals surface area contributed by atoms with Crippen molar-refractivity contribution in [1.82, 2.24) is 4.98 Å². The lowest BCUT2D eigenvalue weighted by Crippen LogP contribution is -2.08.